The Morgan fingerprint density at radius 3 is 2.11 bits per heavy atom. The number of nitrogens with zero attached hydrogens (tertiary/aromatic N) is 1. The highest BCUT2D eigenvalue weighted by atomic mass is 15.2. The molecule has 0 aliphatic carbocycles. The molecule has 0 amide bonds. The molecule has 3 rings (SSSR count). The van der Waals surface area contributed by atoms with Crippen LogP contribution in [-0.4, -0.2) is 43.7 Å². The second kappa shape index (κ2) is 10.8. The molecule has 0 spiro atoms. The molecule has 1 fully saturated rings. The minimum Gasteiger partial charge on any atom is -0.365 e. The van der Waals surface area contributed by atoms with Crippen molar-refractivity contribution in [2.24, 2.45) is 11.5 Å². The average Bonchev–Trinajstić information content (AvgIpc) is 2.75. The monoisotopic (exact) mass is 376 g/mol. The zero-order chi connectivity index (χ0) is 19.6. The quantitative estimate of drug-likeness (QED) is 0.662. The van der Waals surface area contributed by atoms with Gasteiger partial charge in [-0.2, -0.15) is 0 Å². The first-order valence-electron chi connectivity index (χ1n) is 10.2. The molecule has 0 bridgehead atoms. The van der Waals surface area contributed by atoms with Crippen molar-refractivity contribution in [3.05, 3.63) is 83.1 Å². The topological polar surface area (TPSA) is 67.3 Å². The highest BCUT2D eigenvalue weighted by Crippen LogP contribution is 2.25. The molecule has 0 aromatic heterocycles. The Balaban J connectivity index is 1.94. The summed E-state index contributed by atoms with van der Waals surface area (Å²) in [6.07, 6.45) is 6.35. The summed E-state index contributed by atoms with van der Waals surface area (Å²) in [5.41, 5.74) is 17.1. The molecule has 1 unspecified atom stereocenters. The minimum atomic E-state index is 0.291. The average molecular weight is 377 g/mol. The van der Waals surface area contributed by atoms with Gasteiger partial charge in [-0.25, -0.2) is 0 Å². The van der Waals surface area contributed by atoms with E-state index in [0.29, 0.717) is 19.1 Å². The van der Waals surface area contributed by atoms with Crippen LogP contribution in [-0.2, 0) is 0 Å². The maximum atomic E-state index is 5.98. The molecule has 4 heteroatoms. The minimum absolute atomic E-state index is 0.291. The van der Waals surface area contributed by atoms with Crippen LogP contribution in [0.3, 0.4) is 0 Å². The molecule has 0 saturated carbocycles. The molecule has 148 valence electrons. The maximum Gasteiger partial charge on any atom is 0.0628 e. The Morgan fingerprint density at radius 1 is 0.893 bits per heavy atom. The van der Waals surface area contributed by atoms with Gasteiger partial charge in [-0.05, 0) is 48.7 Å². The van der Waals surface area contributed by atoms with Gasteiger partial charge in [-0.15, -0.1) is 0 Å². The number of hydrogen-bond donors (Lipinski definition) is 3. The van der Waals surface area contributed by atoms with Crippen LogP contribution in [0.15, 0.2) is 71.9 Å². The van der Waals surface area contributed by atoms with Crippen molar-refractivity contribution in [1.29, 1.82) is 0 Å². The number of hydrogen-bond acceptors (Lipinski definition) is 4. The van der Waals surface area contributed by atoms with E-state index < -0.39 is 0 Å². The molecule has 2 aromatic rings. The zero-order valence-corrected chi connectivity index (χ0v) is 16.6. The van der Waals surface area contributed by atoms with Crippen LogP contribution in [0.25, 0.3) is 12.2 Å². The fourth-order valence-corrected chi connectivity index (χ4v) is 3.83. The predicted molar refractivity (Wildman–Crippen MR) is 120 cm³/mol. The molecule has 2 aromatic carbocycles. The van der Waals surface area contributed by atoms with Gasteiger partial charge < -0.3 is 21.7 Å². The van der Waals surface area contributed by atoms with Gasteiger partial charge in [-0.3, -0.25) is 0 Å². The van der Waals surface area contributed by atoms with Crippen LogP contribution < -0.4 is 16.8 Å². The molecule has 1 atom stereocenters. The lowest BCUT2D eigenvalue weighted by molar-refractivity contribution is 0.229. The Labute approximate surface area is 168 Å². The summed E-state index contributed by atoms with van der Waals surface area (Å²) >= 11 is 0. The van der Waals surface area contributed by atoms with Gasteiger partial charge in [0.05, 0.1) is 6.04 Å². The fraction of sp³-hybridized carbons (Fsp3) is 0.333. The van der Waals surface area contributed by atoms with Crippen LogP contribution in [0.5, 0.6) is 0 Å². The van der Waals surface area contributed by atoms with Crippen molar-refractivity contribution in [3.63, 3.8) is 0 Å². The largest absolute Gasteiger partial charge is 0.365 e. The number of rotatable bonds is 8. The maximum absolute atomic E-state index is 5.98. The molecular formula is C24H32N4. The zero-order valence-electron chi connectivity index (χ0n) is 16.6. The molecule has 28 heavy (non-hydrogen) atoms. The normalized spacial score (nSPS) is 18.4. The van der Waals surface area contributed by atoms with E-state index in [9.17, 15) is 0 Å². The van der Waals surface area contributed by atoms with Gasteiger partial charge in [0.2, 0.25) is 0 Å². The van der Waals surface area contributed by atoms with Crippen LogP contribution in [0.1, 0.15) is 24.0 Å². The Kier molecular flexibility index (Phi) is 7.85. The van der Waals surface area contributed by atoms with E-state index in [1.54, 1.807) is 0 Å². The summed E-state index contributed by atoms with van der Waals surface area (Å²) in [6, 6.07) is 21.3. The van der Waals surface area contributed by atoms with Gasteiger partial charge in [0.15, 0.2) is 0 Å². The molecule has 4 nitrogen and oxygen atoms in total. The fourth-order valence-electron chi connectivity index (χ4n) is 3.83. The van der Waals surface area contributed by atoms with Crippen molar-refractivity contribution in [3.8, 4) is 0 Å². The summed E-state index contributed by atoms with van der Waals surface area (Å²) in [4.78, 5) is 2.53. The molecule has 1 aliphatic heterocycles. The summed E-state index contributed by atoms with van der Waals surface area (Å²) < 4.78 is 0. The highest BCUT2D eigenvalue weighted by molar-refractivity contribution is 5.56. The molecule has 1 saturated heterocycles. The number of piperazine rings is 1. The third kappa shape index (κ3) is 5.55. The van der Waals surface area contributed by atoms with E-state index in [4.69, 9.17) is 11.5 Å². The second-order valence-corrected chi connectivity index (χ2v) is 7.17. The van der Waals surface area contributed by atoms with E-state index >= 15 is 0 Å². The van der Waals surface area contributed by atoms with Crippen LogP contribution in [0, 0.1) is 0 Å². The highest BCUT2D eigenvalue weighted by Gasteiger charge is 2.26. The third-order valence-electron chi connectivity index (χ3n) is 5.16. The summed E-state index contributed by atoms with van der Waals surface area (Å²) in [7, 11) is 0. The van der Waals surface area contributed by atoms with E-state index in [1.807, 2.05) is 0 Å². The number of benzene rings is 2. The number of nitrogens with two attached hydrogens (primary N) is 2. The van der Waals surface area contributed by atoms with Gasteiger partial charge >= 0.3 is 0 Å². The Bertz CT molecular complexity index is 700. The summed E-state index contributed by atoms with van der Waals surface area (Å²) in [6.45, 7) is 4.17. The van der Waals surface area contributed by atoms with Gasteiger partial charge in [-0.1, -0.05) is 66.7 Å². The van der Waals surface area contributed by atoms with E-state index in [1.165, 1.54) is 22.4 Å². The van der Waals surface area contributed by atoms with Gasteiger partial charge in [0.25, 0.3) is 0 Å². The predicted octanol–water partition coefficient (Wildman–Crippen LogP) is 3.08. The molecule has 0 radical (unpaired) electrons. The van der Waals surface area contributed by atoms with Crippen molar-refractivity contribution >= 4 is 12.2 Å². The lowest BCUT2D eigenvalue weighted by Gasteiger charge is -2.41. The lowest BCUT2D eigenvalue weighted by Crippen LogP contribution is -2.51. The smallest absolute Gasteiger partial charge is 0.0628 e. The van der Waals surface area contributed by atoms with Crippen molar-refractivity contribution < 1.29 is 0 Å². The standard InChI is InChI=1S/C24H32N4/c25-13-11-22(17-20-7-3-1-4-8-20)24-19-27-15-16-28(24)23(12-14-26)18-21-9-5-2-6-10-21/h1-10,17-18,24,27H,11-16,19,25-26H2. The van der Waals surface area contributed by atoms with Crippen molar-refractivity contribution in [2.75, 3.05) is 32.7 Å². The first kappa shape index (κ1) is 20.3. The SMILES string of the molecule is NCCC(=Cc1ccccc1)C1CNCCN1C(=Cc1ccccc1)CCN. The first-order valence-corrected chi connectivity index (χ1v) is 10.2. The van der Waals surface area contributed by atoms with E-state index in [0.717, 1.165) is 32.5 Å². The lowest BCUT2D eigenvalue weighted by atomic mass is 9.96. The van der Waals surface area contributed by atoms with Crippen molar-refractivity contribution in [1.82, 2.24) is 10.2 Å². The summed E-state index contributed by atoms with van der Waals surface area (Å²) in [5.74, 6) is 0. The second-order valence-electron chi connectivity index (χ2n) is 7.17. The molecule has 5 N–H and O–H groups in total. The van der Waals surface area contributed by atoms with Crippen molar-refractivity contribution in [2.45, 2.75) is 18.9 Å². The van der Waals surface area contributed by atoms with Gasteiger partial charge in [0, 0.05) is 25.3 Å². The van der Waals surface area contributed by atoms with Crippen LogP contribution >= 0.6 is 0 Å². The van der Waals surface area contributed by atoms with Crippen LogP contribution in [0.4, 0.5) is 0 Å². The van der Waals surface area contributed by atoms with Crippen LogP contribution in [0.2, 0.25) is 0 Å². The van der Waals surface area contributed by atoms with E-state index in [-0.39, 0.29) is 0 Å². The molecule has 1 aliphatic rings. The Morgan fingerprint density at radius 2 is 1.50 bits per heavy atom. The third-order valence-corrected chi connectivity index (χ3v) is 5.16. The van der Waals surface area contributed by atoms with E-state index in [2.05, 4.69) is 83.0 Å². The molecule has 1 heterocycles. The first-order chi connectivity index (χ1) is 13.8. The summed E-state index contributed by atoms with van der Waals surface area (Å²) in [5, 5.41) is 3.57. The van der Waals surface area contributed by atoms with Gasteiger partial charge in [0.1, 0.15) is 0 Å². The number of nitrogens with one attached hydrogen (secondary N) is 1. The Hall–Kier alpha value is -2.40. The molecular weight excluding hydrogens is 344 g/mol.